The van der Waals surface area contributed by atoms with Crippen LogP contribution in [-0.4, -0.2) is 41.9 Å². The third-order valence-electron chi connectivity index (χ3n) is 11.5. The number of aliphatic hydroxyl groups excluding tert-OH is 1. The van der Waals surface area contributed by atoms with Crippen LogP contribution in [0.1, 0.15) is 77.1 Å². The number of pyridine rings is 4. The fourth-order valence-electron chi connectivity index (χ4n) is 8.31. The van der Waals surface area contributed by atoms with Crippen LogP contribution in [0.3, 0.4) is 0 Å². The maximum absolute atomic E-state index is 11.6. The largest absolute Gasteiger partial charge is 0.392 e. The molecule has 4 heterocycles. The fourth-order valence-corrected chi connectivity index (χ4v) is 8.31. The van der Waals surface area contributed by atoms with Crippen molar-refractivity contribution in [1.29, 1.82) is 0 Å². The maximum Gasteiger partial charge on any atom is 0.150 e. The highest BCUT2D eigenvalue weighted by Gasteiger charge is 2.28. The van der Waals surface area contributed by atoms with Crippen molar-refractivity contribution in [1.82, 2.24) is 19.9 Å². The summed E-state index contributed by atoms with van der Waals surface area (Å²) in [7, 11) is 0. The van der Waals surface area contributed by atoms with Crippen molar-refractivity contribution < 1.29 is 10.2 Å². The summed E-state index contributed by atoms with van der Waals surface area (Å²) in [4.78, 5) is 18.5. The molecule has 8 rings (SSSR count). The normalized spacial score (nSPS) is 13.1. The summed E-state index contributed by atoms with van der Waals surface area (Å²) < 4.78 is 0. The zero-order valence-electron chi connectivity index (χ0n) is 33.8. The van der Waals surface area contributed by atoms with Gasteiger partial charge in [0.1, 0.15) is 11.0 Å². The number of fused-ring (bicyclic) bond motifs is 6. The lowest BCUT2D eigenvalue weighted by Gasteiger charge is -2.29. The Hall–Kier alpha value is -5.96. The van der Waals surface area contributed by atoms with Crippen LogP contribution in [0.25, 0.3) is 43.6 Å². The number of benzene rings is 4. The van der Waals surface area contributed by atoms with Gasteiger partial charge in [0.2, 0.25) is 0 Å². The Bertz CT molecular complexity index is 2760. The summed E-state index contributed by atoms with van der Waals surface area (Å²) in [6, 6.07) is 34.2. The third-order valence-corrected chi connectivity index (χ3v) is 11.5. The lowest BCUT2D eigenvalue weighted by atomic mass is 9.82. The van der Waals surface area contributed by atoms with Crippen molar-refractivity contribution in [3.63, 3.8) is 0 Å². The van der Waals surface area contributed by atoms with Gasteiger partial charge in [-0.15, -0.1) is 0 Å². The van der Waals surface area contributed by atoms with E-state index >= 15 is 0 Å². The molecule has 8 nitrogen and oxygen atoms in total. The predicted octanol–water partition coefficient (Wildman–Crippen LogP) is 9.47. The third kappa shape index (κ3) is 8.64. The van der Waals surface area contributed by atoms with Gasteiger partial charge in [-0.25, -0.2) is 9.97 Å². The predicted molar refractivity (Wildman–Crippen MR) is 238 cm³/mol. The molecule has 0 bridgehead atoms. The van der Waals surface area contributed by atoms with Crippen molar-refractivity contribution >= 4 is 55.2 Å². The molecule has 8 heteroatoms. The van der Waals surface area contributed by atoms with Crippen molar-refractivity contribution in [2.75, 3.05) is 11.5 Å². The molecular weight excluding hydrogens is 717 g/mol. The molecule has 0 spiro atoms. The molecule has 0 amide bonds. The second-order valence-electron chi connectivity index (χ2n) is 16.8. The van der Waals surface area contributed by atoms with Crippen molar-refractivity contribution in [2.24, 2.45) is 0 Å². The van der Waals surface area contributed by atoms with Gasteiger partial charge < -0.3 is 21.7 Å². The Balaban J connectivity index is 0.890. The average molecular weight is 769 g/mol. The lowest BCUT2D eigenvalue weighted by Crippen LogP contribution is -2.29. The molecule has 0 aliphatic carbocycles. The Labute approximate surface area is 340 Å². The minimum absolute atomic E-state index is 0.197. The highest BCUT2D eigenvalue weighted by molar-refractivity contribution is 6.09. The first kappa shape index (κ1) is 38.9. The Morgan fingerprint density at radius 3 is 1.45 bits per heavy atom. The van der Waals surface area contributed by atoms with Crippen LogP contribution in [0.5, 0.6) is 0 Å². The van der Waals surface area contributed by atoms with E-state index in [9.17, 15) is 10.2 Å². The van der Waals surface area contributed by atoms with Crippen LogP contribution in [-0.2, 0) is 32.1 Å². The lowest BCUT2D eigenvalue weighted by molar-refractivity contribution is 0.0337. The number of aryl methyl sites for hydroxylation is 7. The van der Waals surface area contributed by atoms with E-state index in [0.717, 1.165) is 104 Å². The number of hydrogen-bond donors (Lipinski definition) is 4. The SMILES string of the molecule is Cc1ccc2c(c1)nc(N)c1ncc(CCc3ccc(CCC(O)C(CC(C)(C)O)c4ccc(CCc5cnc6c(N)nc7cc(C)ccc7c6c5)cc4)cc3)cc12. The van der Waals surface area contributed by atoms with Crippen LogP contribution in [0.4, 0.5) is 11.6 Å². The number of aliphatic hydroxyl groups is 2. The molecule has 294 valence electrons. The summed E-state index contributed by atoms with van der Waals surface area (Å²) in [6.07, 6.45) is 8.44. The van der Waals surface area contributed by atoms with Crippen LogP contribution >= 0.6 is 0 Å². The van der Waals surface area contributed by atoms with E-state index in [0.29, 0.717) is 24.5 Å². The molecule has 4 aromatic carbocycles. The van der Waals surface area contributed by atoms with E-state index in [2.05, 4.69) is 126 Å². The molecule has 0 fully saturated rings. The van der Waals surface area contributed by atoms with E-state index < -0.39 is 11.7 Å². The van der Waals surface area contributed by atoms with E-state index in [1.807, 2.05) is 26.2 Å². The molecule has 2 unspecified atom stereocenters. The Morgan fingerprint density at radius 2 is 0.983 bits per heavy atom. The summed E-state index contributed by atoms with van der Waals surface area (Å²) in [5, 5.41) is 26.6. The number of nitrogens with two attached hydrogens (primary N) is 2. The van der Waals surface area contributed by atoms with Crippen LogP contribution < -0.4 is 11.5 Å². The van der Waals surface area contributed by atoms with Gasteiger partial charge in [0.25, 0.3) is 0 Å². The van der Waals surface area contributed by atoms with Gasteiger partial charge in [0.05, 0.1) is 22.7 Å². The summed E-state index contributed by atoms with van der Waals surface area (Å²) in [6.45, 7) is 7.74. The number of rotatable bonds is 13. The fraction of sp³-hybridized carbons (Fsp3) is 0.280. The van der Waals surface area contributed by atoms with Gasteiger partial charge in [-0.3, -0.25) is 9.97 Å². The first-order valence-corrected chi connectivity index (χ1v) is 20.3. The molecule has 58 heavy (non-hydrogen) atoms. The van der Waals surface area contributed by atoms with E-state index in [1.165, 1.54) is 16.7 Å². The van der Waals surface area contributed by atoms with Crippen molar-refractivity contribution in [3.8, 4) is 0 Å². The van der Waals surface area contributed by atoms with Gasteiger partial charge in [0, 0.05) is 39.9 Å². The van der Waals surface area contributed by atoms with E-state index in [4.69, 9.17) is 16.5 Å². The van der Waals surface area contributed by atoms with Crippen LogP contribution in [0.2, 0.25) is 0 Å². The standard InChI is InChI=1S/C50H52N6O2/c1-30-5-20-38-40-25-35(28-53-46(40)48(51)55-43(38)23-30)13-11-32-7-9-33(10-8-32)17-22-45(57)42(27-50(3,4)58)37-18-15-34(16-19-37)12-14-36-26-41-39-21-6-31(2)24-44(39)56-49(52)47(41)54-29-36/h5-10,15-16,18-21,23-26,28-29,42,45,57-58H,11-14,17,22,27H2,1-4H3,(H2,51,55)(H2,52,56). The van der Waals surface area contributed by atoms with Gasteiger partial charge in [-0.2, -0.15) is 0 Å². The van der Waals surface area contributed by atoms with Crippen LogP contribution in [0, 0.1) is 13.8 Å². The molecule has 2 atom stereocenters. The molecule has 4 aromatic heterocycles. The van der Waals surface area contributed by atoms with Gasteiger partial charge in [-0.1, -0.05) is 72.8 Å². The van der Waals surface area contributed by atoms with Gasteiger partial charge >= 0.3 is 0 Å². The molecule has 6 N–H and O–H groups in total. The summed E-state index contributed by atoms with van der Waals surface area (Å²) >= 11 is 0. The second-order valence-corrected chi connectivity index (χ2v) is 16.8. The quantitative estimate of drug-likeness (QED) is 0.0850. The van der Waals surface area contributed by atoms with Crippen molar-refractivity contribution in [2.45, 2.75) is 90.3 Å². The summed E-state index contributed by atoms with van der Waals surface area (Å²) in [5.41, 5.74) is 24.2. The molecule has 0 saturated heterocycles. The van der Waals surface area contributed by atoms with Gasteiger partial charge in [0.15, 0.2) is 11.6 Å². The highest BCUT2D eigenvalue weighted by atomic mass is 16.3. The number of anilines is 2. The minimum atomic E-state index is -0.924. The average Bonchev–Trinajstić information content (AvgIpc) is 3.20. The Kier molecular flexibility index (Phi) is 10.8. The first-order valence-electron chi connectivity index (χ1n) is 20.3. The zero-order chi connectivity index (χ0) is 40.6. The van der Waals surface area contributed by atoms with Crippen LogP contribution in [0.15, 0.2) is 109 Å². The number of hydrogen-bond acceptors (Lipinski definition) is 8. The molecule has 8 aromatic rings. The molecule has 0 radical (unpaired) electrons. The zero-order valence-corrected chi connectivity index (χ0v) is 33.8. The number of nitrogen functional groups attached to an aromatic ring is 2. The molecule has 0 saturated carbocycles. The second kappa shape index (κ2) is 16.1. The maximum atomic E-state index is 11.6. The summed E-state index contributed by atoms with van der Waals surface area (Å²) in [5.74, 6) is 0.713. The topological polar surface area (TPSA) is 144 Å². The van der Waals surface area contributed by atoms with Gasteiger partial charge in [-0.05, 0) is 141 Å². The van der Waals surface area contributed by atoms with E-state index in [-0.39, 0.29) is 5.92 Å². The minimum Gasteiger partial charge on any atom is -0.392 e. The highest BCUT2D eigenvalue weighted by Crippen LogP contribution is 2.33. The monoisotopic (exact) mass is 768 g/mol. The smallest absolute Gasteiger partial charge is 0.150 e. The number of nitrogens with zero attached hydrogens (tertiary/aromatic N) is 4. The first-order chi connectivity index (χ1) is 27.9. The van der Waals surface area contributed by atoms with E-state index in [1.54, 1.807) is 0 Å². The van der Waals surface area contributed by atoms with Crippen molar-refractivity contribution in [3.05, 3.63) is 154 Å². The molecule has 0 aliphatic rings. The number of aromatic nitrogens is 4. The Morgan fingerprint density at radius 1 is 0.552 bits per heavy atom. The molecular formula is C50H52N6O2. The molecule has 0 aliphatic heterocycles.